The maximum Gasteiger partial charge on any atom is 0.128 e. The van der Waals surface area contributed by atoms with E-state index in [1.807, 2.05) is 50.4 Å². The molecule has 0 aliphatic heterocycles. The quantitative estimate of drug-likeness (QED) is 0.881. The summed E-state index contributed by atoms with van der Waals surface area (Å²) < 4.78 is 13.9. The fourth-order valence-electron chi connectivity index (χ4n) is 2.44. The first kappa shape index (κ1) is 15.5. The summed E-state index contributed by atoms with van der Waals surface area (Å²) in [5, 5.41) is 0. The zero-order valence-corrected chi connectivity index (χ0v) is 12.9. The fourth-order valence-corrected chi connectivity index (χ4v) is 2.44. The molecule has 0 aliphatic carbocycles. The molecule has 0 aromatic heterocycles. The van der Waals surface area contributed by atoms with Crippen LogP contribution >= 0.6 is 0 Å². The molecule has 2 rings (SSSR count). The molecule has 21 heavy (non-hydrogen) atoms. The summed E-state index contributed by atoms with van der Waals surface area (Å²) in [6, 6.07) is 15.1. The summed E-state index contributed by atoms with van der Waals surface area (Å²) in [5.74, 6) is -0.165. The van der Waals surface area contributed by atoms with Crippen molar-refractivity contribution in [1.82, 2.24) is 0 Å². The van der Waals surface area contributed by atoms with E-state index in [-0.39, 0.29) is 17.9 Å². The number of anilines is 1. The molecular formula is C18H23FN2. The van der Waals surface area contributed by atoms with Crippen LogP contribution in [-0.4, -0.2) is 7.05 Å². The Kier molecular flexibility index (Phi) is 4.97. The van der Waals surface area contributed by atoms with E-state index in [4.69, 9.17) is 5.73 Å². The number of hydrogen-bond donors (Lipinski definition) is 1. The summed E-state index contributed by atoms with van der Waals surface area (Å²) >= 11 is 0. The Bertz CT molecular complexity index is 580. The van der Waals surface area contributed by atoms with E-state index < -0.39 is 0 Å². The molecule has 0 radical (unpaired) electrons. The van der Waals surface area contributed by atoms with Crippen molar-refractivity contribution in [2.24, 2.45) is 5.73 Å². The van der Waals surface area contributed by atoms with Gasteiger partial charge in [-0.3, -0.25) is 0 Å². The molecule has 2 aromatic rings. The Hall–Kier alpha value is -1.87. The van der Waals surface area contributed by atoms with Gasteiger partial charge in [-0.1, -0.05) is 37.3 Å². The normalized spacial score (nSPS) is 13.8. The average molecular weight is 286 g/mol. The second kappa shape index (κ2) is 6.72. The highest BCUT2D eigenvalue weighted by atomic mass is 19.1. The van der Waals surface area contributed by atoms with Crippen molar-refractivity contribution < 1.29 is 4.39 Å². The minimum absolute atomic E-state index is 0.0306. The van der Waals surface area contributed by atoms with E-state index in [1.165, 1.54) is 6.07 Å². The summed E-state index contributed by atoms with van der Waals surface area (Å²) in [7, 11) is 1.98. The largest absolute Gasteiger partial charge is 0.368 e. The van der Waals surface area contributed by atoms with Gasteiger partial charge < -0.3 is 10.6 Å². The van der Waals surface area contributed by atoms with E-state index in [1.54, 1.807) is 6.07 Å². The standard InChI is InChI=1S/C18H23FN2/c1-4-18(20)14-9-11-15(12-10-14)21(3)13(2)16-7-5-6-8-17(16)19/h5-13,18H,4,20H2,1-3H3. The van der Waals surface area contributed by atoms with Crippen molar-refractivity contribution in [2.75, 3.05) is 11.9 Å². The van der Waals surface area contributed by atoms with Gasteiger partial charge in [0.15, 0.2) is 0 Å². The topological polar surface area (TPSA) is 29.3 Å². The molecule has 2 aromatic carbocycles. The third-order valence-electron chi connectivity index (χ3n) is 4.10. The highest BCUT2D eigenvalue weighted by Gasteiger charge is 2.16. The SMILES string of the molecule is CCC(N)c1ccc(N(C)C(C)c2ccccc2F)cc1. The van der Waals surface area contributed by atoms with Gasteiger partial charge in [0, 0.05) is 24.3 Å². The Morgan fingerprint density at radius 2 is 1.71 bits per heavy atom. The molecule has 2 N–H and O–H groups in total. The number of rotatable bonds is 5. The van der Waals surface area contributed by atoms with Crippen molar-refractivity contribution in [3.63, 3.8) is 0 Å². The van der Waals surface area contributed by atoms with Crippen LogP contribution in [0.15, 0.2) is 48.5 Å². The fraction of sp³-hybridized carbons (Fsp3) is 0.333. The van der Waals surface area contributed by atoms with Crippen molar-refractivity contribution >= 4 is 5.69 Å². The van der Waals surface area contributed by atoms with Crippen LogP contribution in [0.5, 0.6) is 0 Å². The van der Waals surface area contributed by atoms with Crippen LogP contribution in [0.3, 0.4) is 0 Å². The summed E-state index contributed by atoms with van der Waals surface area (Å²) in [5.41, 5.74) is 8.92. The van der Waals surface area contributed by atoms with Gasteiger partial charge in [0.05, 0.1) is 6.04 Å². The number of nitrogens with two attached hydrogens (primary N) is 1. The Labute approximate surface area is 126 Å². The highest BCUT2D eigenvalue weighted by molar-refractivity contribution is 5.49. The third-order valence-corrected chi connectivity index (χ3v) is 4.10. The van der Waals surface area contributed by atoms with E-state index in [0.29, 0.717) is 5.56 Å². The molecule has 0 fully saturated rings. The molecule has 3 heteroatoms. The molecule has 0 amide bonds. The van der Waals surface area contributed by atoms with Crippen molar-refractivity contribution in [1.29, 1.82) is 0 Å². The van der Waals surface area contributed by atoms with Crippen LogP contribution < -0.4 is 10.6 Å². The minimum Gasteiger partial charge on any atom is -0.368 e. The summed E-state index contributed by atoms with van der Waals surface area (Å²) in [4.78, 5) is 2.07. The lowest BCUT2D eigenvalue weighted by atomic mass is 10.0. The van der Waals surface area contributed by atoms with Crippen LogP contribution in [0.4, 0.5) is 10.1 Å². The van der Waals surface area contributed by atoms with Gasteiger partial charge in [0.1, 0.15) is 5.82 Å². The molecule has 0 spiro atoms. The molecule has 0 saturated heterocycles. The Morgan fingerprint density at radius 1 is 1.10 bits per heavy atom. The lowest BCUT2D eigenvalue weighted by Gasteiger charge is -2.28. The first-order chi connectivity index (χ1) is 10.0. The molecule has 0 aliphatic rings. The van der Waals surface area contributed by atoms with Crippen molar-refractivity contribution in [3.05, 3.63) is 65.5 Å². The molecule has 0 bridgehead atoms. The average Bonchev–Trinajstić information content (AvgIpc) is 2.53. The molecule has 0 heterocycles. The zero-order chi connectivity index (χ0) is 15.4. The monoisotopic (exact) mass is 286 g/mol. The molecule has 0 saturated carbocycles. The number of halogens is 1. The highest BCUT2D eigenvalue weighted by Crippen LogP contribution is 2.27. The van der Waals surface area contributed by atoms with Crippen LogP contribution in [0.2, 0.25) is 0 Å². The number of nitrogens with zero attached hydrogens (tertiary/aromatic N) is 1. The smallest absolute Gasteiger partial charge is 0.128 e. The van der Waals surface area contributed by atoms with Gasteiger partial charge >= 0.3 is 0 Å². The van der Waals surface area contributed by atoms with E-state index in [9.17, 15) is 4.39 Å². The van der Waals surface area contributed by atoms with Crippen LogP contribution in [0.1, 0.15) is 43.5 Å². The van der Waals surface area contributed by atoms with Crippen molar-refractivity contribution in [2.45, 2.75) is 32.4 Å². The van der Waals surface area contributed by atoms with Crippen LogP contribution in [0.25, 0.3) is 0 Å². The maximum atomic E-state index is 13.9. The predicted octanol–water partition coefficient (Wildman–Crippen LogP) is 4.43. The second-order valence-corrected chi connectivity index (χ2v) is 5.41. The lowest BCUT2D eigenvalue weighted by molar-refractivity contribution is 0.585. The first-order valence-corrected chi connectivity index (χ1v) is 7.37. The predicted molar refractivity (Wildman–Crippen MR) is 86.9 cm³/mol. The van der Waals surface area contributed by atoms with E-state index >= 15 is 0 Å². The Balaban J connectivity index is 2.20. The minimum atomic E-state index is -0.165. The van der Waals surface area contributed by atoms with Gasteiger partial charge in [0.25, 0.3) is 0 Å². The van der Waals surface area contributed by atoms with Gasteiger partial charge in [-0.2, -0.15) is 0 Å². The number of benzene rings is 2. The van der Waals surface area contributed by atoms with Crippen molar-refractivity contribution in [3.8, 4) is 0 Å². The molecule has 2 unspecified atom stereocenters. The zero-order valence-electron chi connectivity index (χ0n) is 12.9. The van der Waals surface area contributed by atoms with Gasteiger partial charge in [-0.15, -0.1) is 0 Å². The second-order valence-electron chi connectivity index (χ2n) is 5.41. The van der Waals surface area contributed by atoms with Gasteiger partial charge in [-0.05, 0) is 37.1 Å². The molecule has 2 atom stereocenters. The molecular weight excluding hydrogens is 263 g/mol. The maximum absolute atomic E-state index is 13.9. The third kappa shape index (κ3) is 3.42. The van der Waals surface area contributed by atoms with E-state index in [2.05, 4.69) is 11.8 Å². The number of hydrogen-bond acceptors (Lipinski definition) is 2. The van der Waals surface area contributed by atoms with Gasteiger partial charge in [-0.25, -0.2) is 4.39 Å². The molecule has 112 valence electrons. The van der Waals surface area contributed by atoms with Crippen LogP contribution in [-0.2, 0) is 0 Å². The summed E-state index contributed by atoms with van der Waals surface area (Å²) in [6.07, 6.45) is 0.917. The summed E-state index contributed by atoms with van der Waals surface area (Å²) in [6.45, 7) is 4.08. The van der Waals surface area contributed by atoms with Crippen LogP contribution in [0, 0.1) is 5.82 Å². The Morgan fingerprint density at radius 3 is 2.29 bits per heavy atom. The van der Waals surface area contributed by atoms with Gasteiger partial charge in [0.2, 0.25) is 0 Å². The first-order valence-electron chi connectivity index (χ1n) is 7.37. The molecule has 2 nitrogen and oxygen atoms in total. The lowest BCUT2D eigenvalue weighted by Crippen LogP contribution is -2.22. The van der Waals surface area contributed by atoms with E-state index in [0.717, 1.165) is 17.7 Å².